The van der Waals surface area contributed by atoms with Crippen LogP contribution in [0.15, 0.2) is 36.5 Å². The highest BCUT2D eigenvalue weighted by Crippen LogP contribution is 2.27. The van der Waals surface area contributed by atoms with Gasteiger partial charge < -0.3 is 9.30 Å². The second-order valence-electron chi connectivity index (χ2n) is 7.07. The number of likely N-dealkylation sites (tertiary alicyclic amines) is 1. The van der Waals surface area contributed by atoms with Gasteiger partial charge in [0.25, 0.3) is 0 Å². The van der Waals surface area contributed by atoms with Gasteiger partial charge in [-0.25, -0.2) is 9.37 Å². The molecule has 0 N–H and O–H groups in total. The van der Waals surface area contributed by atoms with E-state index in [2.05, 4.69) is 0 Å². The van der Waals surface area contributed by atoms with Crippen molar-refractivity contribution in [2.75, 3.05) is 13.1 Å². The van der Waals surface area contributed by atoms with E-state index in [-0.39, 0.29) is 11.7 Å². The molecular weight excluding hydrogens is 329 g/mol. The SMILES string of the molecule is Cc1ccc2nc(-c3ccc(F)c(C)c3)c(CC(=O)N3CCCC3)n2c1. The van der Waals surface area contributed by atoms with E-state index in [0.29, 0.717) is 12.0 Å². The Morgan fingerprint density at radius 3 is 2.65 bits per heavy atom. The molecule has 1 aliphatic heterocycles. The minimum atomic E-state index is -0.233. The molecule has 1 aromatic carbocycles. The fourth-order valence-corrected chi connectivity index (χ4v) is 3.61. The Labute approximate surface area is 152 Å². The first-order chi connectivity index (χ1) is 12.5. The van der Waals surface area contributed by atoms with Gasteiger partial charge in [-0.15, -0.1) is 0 Å². The third kappa shape index (κ3) is 2.98. The first kappa shape index (κ1) is 16.8. The maximum Gasteiger partial charge on any atom is 0.228 e. The molecule has 1 amide bonds. The van der Waals surface area contributed by atoms with E-state index in [4.69, 9.17) is 4.98 Å². The molecule has 4 rings (SSSR count). The molecule has 134 valence electrons. The van der Waals surface area contributed by atoms with Gasteiger partial charge in [0.15, 0.2) is 0 Å². The third-order valence-corrected chi connectivity index (χ3v) is 5.07. The first-order valence-corrected chi connectivity index (χ1v) is 9.05. The number of benzene rings is 1. The molecule has 0 radical (unpaired) electrons. The van der Waals surface area contributed by atoms with Gasteiger partial charge in [0, 0.05) is 24.8 Å². The van der Waals surface area contributed by atoms with Crippen molar-refractivity contribution in [1.82, 2.24) is 14.3 Å². The maximum absolute atomic E-state index is 13.7. The Bertz CT molecular complexity index is 986. The lowest BCUT2D eigenvalue weighted by molar-refractivity contribution is -0.129. The number of hydrogen-bond donors (Lipinski definition) is 0. The molecule has 1 fully saturated rings. The molecule has 0 saturated carbocycles. The topological polar surface area (TPSA) is 37.6 Å². The van der Waals surface area contributed by atoms with Crippen LogP contribution in [0, 0.1) is 19.7 Å². The number of halogens is 1. The Kier molecular flexibility index (Phi) is 4.23. The van der Waals surface area contributed by atoms with Gasteiger partial charge >= 0.3 is 0 Å². The normalized spacial score (nSPS) is 14.3. The molecule has 2 aromatic heterocycles. The largest absolute Gasteiger partial charge is 0.342 e. The molecule has 26 heavy (non-hydrogen) atoms. The van der Waals surface area contributed by atoms with Crippen LogP contribution in [0.5, 0.6) is 0 Å². The molecule has 3 heterocycles. The lowest BCUT2D eigenvalue weighted by atomic mass is 10.1. The van der Waals surface area contributed by atoms with Crippen molar-refractivity contribution in [3.63, 3.8) is 0 Å². The van der Waals surface area contributed by atoms with E-state index in [1.807, 2.05) is 34.6 Å². The Morgan fingerprint density at radius 1 is 1.15 bits per heavy atom. The highest BCUT2D eigenvalue weighted by Gasteiger charge is 2.23. The number of imidazole rings is 1. The van der Waals surface area contributed by atoms with Crippen molar-refractivity contribution in [3.05, 3.63) is 59.2 Å². The molecule has 0 spiro atoms. The highest BCUT2D eigenvalue weighted by molar-refractivity contribution is 5.82. The molecule has 1 saturated heterocycles. The van der Waals surface area contributed by atoms with Gasteiger partial charge in [0.05, 0.1) is 17.8 Å². The van der Waals surface area contributed by atoms with Gasteiger partial charge in [-0.2, -0.15) is 0 Å². The Balaban J connectivity index is 1.83. The van der Waals surface area contributed by atoms with Crippen molar-refractivity contribution in [2.45, 2.75) is 33.1 Å². The standard InChI is InChI=1S/C21H22FN3O/c1-14-5-8-19-23-21(16-6-7-17(22)15(2)11-16)18(25(19)13-14)12-20(26)24-9-3-4-10-24/h5-8,11,13H,3-4,9-10,12H2,1-2H3. The minimum Gasteiger partial charge on any atom is -0.342 e. The van der Waals surface area contributed by atoms with Crippen LogP contribution >= 0.6 is 0 Å². The summed E-state index contributed by atoms with van der Waals surface area (Å²) in [7, 11) is 0. The van der Waals surface area contributed by atoms with Crippen LogP contribution in [0.3, 0.4) is 0 Å². The van der Waals surface area contributed by atoms with Gasteiger partial charge in [-0.3, -0.25) is 4.79 Å². The minimum absolute atomic E-state index is 0.130. The average Bonchev–Trinajstić information content (AvgIpc) is 3.26. The molecule has 0 atom stereocenters. The van der Waals surface area contributed by atoms with Gasteiger partial charge in [-0.05, 0) is 62.1 Å². The number of aromatic nitrogens is 2. The van der Waals surface area contributed by atoms with Crippen LogP contribution in [0.4, 0.5) is 4.39 Å². The average molecular weight is 351 g/mol. The number of fused-ring (bicyclic) bond motifs is 1. The summed E-state index contributed by atoms with van der Waals surface area (Å²) in [6.45, 7) is 5.43. The fourth-order valence-electron chi connectivity index (χ4n) is 3.61. The zero-order chi connectivity index (χ0) is 18.3. The highest BCUT2D eigenvalue weighted by atomic mass is 19.1. The number of hydrogen-bond acceptors (Lipinski definition) is 2. The van der Waals surface area contributed by atoms with Crippen molar-refractivity contribution in [2.24, 2.45) is 0 Å². The van der Waals surface area contributed by atoms with Gasteiger partial charge in [0.1, 0.15) is 11.5 Å². The number of carbonyl (C=O) groups excluding carboxylic acids is 1. The number of carbonyl (C=O) groups is 1. The van der Waals surface area contributed by atoms with E-state index in [0.717, 1.165) is 54.1 Å². The van der Waals surface area contributed by atoms with Crippen molar-refractivity contribution >= 4 is 11.6 Å². The van der Waals surface area contributed by atoms with Crippen molar-refractivity contribution in [3.8, 4) is 11.3 Å². The maximum atomic E-state index is 13.7. The number of pyridine rings is 1. The van der Waals surface area contributed by atoms with Crippen LogP contribution in [-0.2, 0) is 11.2 Å². The molecule has 1 aliphatic rings. The van der Waals surface area contributed by atoms with Crippen LogP contribution < -0.4 is 0 Å². The second kappa shape index (κ2) is 6.56. The van der Waals surface area contributed by atoms with Crippen LogP contribution in [0.1, 0.15) is 29.7 Å². The quantitative estimate of drug-likeness (QED) is 0.717. The predicted molar refractivity (Wildman–Crippen MR) is 99.6 cm³/mol. The first-order valence-electron chi connectivity index (χ1n) is 9.05. The number of amides is 1. The molecular formula is C21H22FN3O. The molecule has 0 aliphatic carbocycles. The van der Waals surface area contributed by atoms with E-state index in [1.165, 1.54) is 6.07 Å². The second-order valence-corrected chi connectivity index (χ2v) is 7.07. The molecule has 0 bridgehead atoms. The van der Waals surface area contributed by atoms with Crippen LogP contribution in [0.25, 0.3) is 16.9 Å². The summed E-state index contributed by atoms with van der Waals surface area (Å²) in [6.07, 6.45) is 4.45. The summed E-state index contributed by atoms with van der Waals surface area (Å²) >= 11 is 0. The number of aryl methyl sites for hydroxylation is 2. The van der Waals surface area contributed by atoms with Gasteiger partial charge in [-0.1, -0.05) is 6.07 Å². The summed E-state index contributed by atoms with van der Waals surface area (Å²) in [5.74, 6) is -0.103. The van der Waals surface area contributed by atoms with E-state index >= 15 is 0 Å². The molecule has 5 heteroatoms. The fraction of sp³-hybridized carbons (Fsp3) is 0.333. The summed E-state index contributed by atoms with van der Waals surface area (Å²) < 4.78 is 15.7. The van der Waals surface area contributed by atoms with Crippen molar-refractivity contribution in [1.29, 1.82) is 0 Å². The van der Waals surface area contributed by atoms with E-state index in [9.17, 15) is 9.18 Å². The van der Waals surface area contributed by atoms with Crippen LogP contribution in [-0.4, -0.2) is 33.3 Å². The number of rotatable bonds is 3. The zero-order valence-corrected chi connectivity index (χ0v) is 15.1. The van der Waals surface area contributed by atoms with E-state index < -0.39 is 0 Å². The molecule has 3 aromatic rings. The molecule has 0 unspecified atom stereocenters. The van der Waals surface area contributed by atoms with Crippen LogP contribution in [0.2, 0.25) is 0 Å². The smallest absolute Gasteiger partial charge is 0.228 e. The van der Waals surface area contributed by atoms with Crippen molar-refractivity contribution < 1.29 is 9.18 Å². The lowest BCUT2D eigenvalue weighted by Crippen LogP contribution is -2.29. The molecule has 4 nitrogen and oxygen atoms in total. The summed E-state index contributed by atoms with van der Waals surface area (Å²) in [4.78, 5) is 19.4. The van der Waals surface area contributed by atoms with E-state index in [1.54, 1.807) is 19.1 Å². The Morgan fingerprint density at radius 2 is 1.92 bits per heavy atom. The predicted octanol–water partition coefficient (Wildman–Crippen LogP) is 3.92. The number of nitrogens with zero attached hydrogens (tertiary/aromatic N) is 3. The van der Waals surface area contributed by atoms with Gasteiger partial charge in [0.2, 0.25) is 5.91 Å². The zero-order valence-electron chi connectivity index (χ0n) is 15.1. The summed E-state index contributed by atoms with van der Waals surface area (Å²) in [6, 6.07) is 8.97. The Hall–Kier alpha value is -2.69. The summed E-state index contributed by atoms with van der Waals surface area (Å²) in [5.41, 5.74) is 4.95. The monoisotopic (exact) mass is 351 g/mol. The third-order valence-electron chi connectivity index (χ3n) is 5.07. The lowest BCUT2D eigenvalue weighted by Gasteiger charge is -2.15. The summed E-state index contributed by atoms with van der Waals surface area (Å²) in [5, 5.41) is 0.